The lowest BCUT2D eigenvalue weighted by molar-refractivity contribution is -0.132. The molecule has 0 spiro atoms. The van der Waals surface area contributed by atoms with E-state index in [9.17, 15) is 9.59 Å². The molecule has 0 bridgehead atoms. The third kappa shape index (κ3) is 6.79. The van der Waals surface area contributed by atoms with Crippen LogP contribution in [0.2, 0.25) is 5.02 Å². The number of carbonyl (C=O) groups is 2. The largest absolute Gasteiger partial charge is 0.493 e. The number of amides is 2. The van der Waals surface area contributed by atoms with Crippen LogP contribution in [0.25, 0.3) is 0 Å². The van der Waals surface area contributed by atoms with Crippen LogP contribution in [0.4, 0.5) is 5.69 Å². The van der Waals surface area contributed by atoms with E-state index in [-0.39, 0.29) is 24.5 Å². The maximum absolute atomic E-state index is 12.6. The molecule has 0 aromatic heterocycles. The van der Waals surface area contributed by atoms with Crippen molar-refractivity contribution in [3.05, 3.63) is 47.0 Å². The molecular weight excluding hydrogens is 420 g/mol. The van der Waals surface area contributed by atoms with Crippen LogP contribution >= 0.6 is 11.6 Å². The first kappa shape index (κ1) is 24.3. The molecule has 0 aliphatic rings. The Morgan fingerprint density at radius 2 is 1.71 bits per heavy atom. The van der Waals surface area contributed by atoms with E-state index in [2.05, 4.69) is 5.32 Å². The minimum Gasteiger partial charge on any atom is -0.493 e. The first-order chi connectivity index (χ1) is 14.8. The van der Waals surface area contributed by atoms with E-state index in [0.717, 1.165) is 0 Å². The highest BCUT2D eigenvalue weighted by molar-refractivity contribution is 6.32. The number of rotatable bonds is 10. The van der Waals surface area contributed by atoms with Gasteiger partial charge in [-0.25, -0.2) is 0 Å². The average molecular weight is 449 g/mol. The molecule has 2 amide bonds. The number of carbonyl (C=O) groups excluding carboxylic acids is 2. The van der Waals surface area contributed by atoms with Gasteiger partial charge >= 0.3 is 0 Å². The number of likely N-dealkylation sites (N-methyl/N-ethyl adjacent to an activating group) is 1. The van der Waals surface area contributed by atoms with Crippen molar-refractivity contribution in [1.82, 2.24) is 4.90 Å². The number of ether oxygens (including phenoxy) is 3. The molecule has 8 heteroatoms. The second-order valence-electron chi connectivity index (χ2n) is 6.99. The lowest BCUT2D eigenvalue weighted by atomic mass is 10.1. The van der Waals surface area contributed by atoms with E-state index < -0.39 is 0 Å². The van der Waals surface area contributed by atoms with E-state index >= 15 is 0 Å². The minimum absolute atomic E-state index is 0.0150. The van der Waals surface area contributed by atoms with Crippen molar-refractivity contribution in [1.29, 1.82) is 0 Å². The number of hydrogen-bond acceptors (Lipinski definition) is 5. The number of methoxy groups -OCH3 is 1. The highest BCUT2D eigenvalue weighted by Crippen LogP contribution is 2.30. The van der Waals surface area contributed by atoms with Crippen LogP contribution in [0.5, 0.6) is 17.2 Å². The Hall–Kier alpha value is -2.93. The molecule has 31 heavy (non-hydrogen) atoms. The summed E-state index contributed by atoms with van der Waals surface area (Å²) in [6.07, 6.45) is -0.0150. The Morgan fingerprint density at radius 3 is 2.29 bits per heavy atom. The molecule has 7 nitrogen and oxygen atoms in total. The van der Waals surface area contributed by atoms with Crippen molar-refractivity contribution in [2.45, 2.75) is 33.8 Å². The van der Waals surface area contributed by atoms with Gasteiger partial charge in [0.05, 0.1) is 18.2 Å². The van der Waals surface area contributed by atoms with Crippen molar-refractivity contribution in [3.63, 3.8) is 0 Å². The van der Waals surface area contributed by atoms with Crippen LogP contribution < -0.4 is 19.5 Å². The third-order valence-electron chi connectivity index (χ3n) is 4.45. The van der Waals surface area contributed by atoms with E-state index in [1.807, 2.05) is 27.7 Å². The zero-order chi connectivity index (χ0) is 23.0. The first-order valence-electron chi connectivity index (χ1n) is 10.1. The normalized spacial score (nSPS) is 10.5. The molecule has 0 unspecified atom stereocenters. The molecule has 0 aliphatic heterocycles. The summed E-state index contributed by atoms with van der Waals surface area (Å²) in [6.45, 7) is 8.78. The maximum Gasteiger partial charge on any atom is 0.260 e. The van der Waals surface area contributed by atoms with Gasteiger partial charge < -0.3 is 24.4 Å². The summed E-state index contributed by atoms with van der Waals surface area (Å²) in [7, 11) is 1.52. The van der Waals surface area contributed by atoms with Gasteiger partial charge in [-0.15, -0.1) is 0 Å². The highest BCUT2D eigenvalue weighted by atomic mass is 35.5. The van der Waals surface area contributed by atoms with Crippen molar-refractivity contribution in [2.24, 2.45) is 0 Å². The highest BCUT2D eigenvalue weighted by Gasteiger charge is 2.15. The summed E-state index contributed by atoms with van der Waals surface area (Å²) < 4.78 is 16.5. The van der Waals surface area contributed by atoms with Gasteiger partial charge in [0.15, 0.2) is 18.1 Å². The van der Waals surface area contributed by atoms with Gasteiger partial charge in [-0.2, -0.15) is 0 Å². The molecule has 2 rings (SSSR count). The topological polar surface area (TPSA) is 77.1 Å². The average Bonchev–Trinajstić information content (AvgIpc) is 2.73. The number of halogens is 1. The van der Waals surface area contributed by atoms with Gasteiger partial charge in [0.1, 0.15) is 5.75 Å². The minimum atomic E-state index is -0.323. The summed E-state index contributed by atoms with van der Waals surface area (Å²) in [4.78, 5) is 26.4. The molecule has 0 atom stereocenters. The van der Waals surface area contributed by atoms with Crippen LogP contribution in [-0.2, 0) is 4.79 Å². The summed E-state index contributed by atoms with van der Waals surface area (Å²) in [5.41, 5.74) is 0.910. The second kappa shape index (κ2) is 11.5. The van der Waals surface area contributed by atoms with Crippen molar-refractivity contribution in [2.75, 3.05) is 32.1 Å². The molecule has 2 aromatic rings. The monoisotopic (exact) mass is 448 g/mol. The molecule has 1 N–H and O–H groups in total. The van der Waals surface area contributed by atoms with Crippen molar-refractivity contribution < 1.29 is 23.8 Å². The fourth-order valence-corrected chi connectivity index (χ4v) is 3.10. The fourth-order valence-electron chi connectivity index (χ4n) is 2.87. The van der Waals surface area contributed by atoms with Crippen molar-refractivity contribution >= 4 is 29.1 Å². The van der Waals surface area contributed by atoms with Crippen LogP contribution in [0.3, 0.4) is 0 Å². The molecule has 0 aliphatic carbocycles. The summed E-state index contributed by atoms with van der Waals surface area (Å²) in [5.74, 6) is 0.976. The van der Waals surface area contributed by atoms with Gasteiger partial charge in [-0.05, 0) is 64.1 Å². The fraction of sp³-hybridized carbons (Fsp3) is 0.391. The van der Waals surface area contributed by atoms with Crippen LogP contribution in [0, 0.1) is 0 Å². The number of benzene rings is 2. The van der Waals surface area contributed by atoms with Crippen LogP contribution in [0.15, 0.2) is 36.4 Å². The predicted molar refractivity (Wildman–Crippen MR) is 122 cm³/mol. The molecule has 0 saturated carbocycles. The summed E-state index contributed by atoms with van der Waals surface area (Å²) in [6, 6.07) is 9.83. The summed E-state index contributed by atoms with van der Waals surface area (Å²) in [5, 5.41) is 3.08. The Kier molecular flexibility index (Phi) is 9.00. The maximum atomic E-state index is 12.6. The molecule has 168 valence electrons. The lowest BCUT2D eigenvalue weighted by Crippen LogP contribution is -2.34. The van der Waals surface area contributed by atoms with Gasteiger partial charge in [-0.1, -0.05) is 11.6 Å². The summed E-state index contributed by atoms with van der Waals surface area (Å²) >= 11 is 6.27. The molecular formula is C23H29ClN2O5. The van der Waals surface area contributed by atoms with Crippen molar-refractivity contribution in [3.8, 4) is 17.2 Å². The number of nitrogens with zero attached hydrogens (tertiary/aromatic N) is 1. The van der Waals surface area contributed by atoms with E-state index in [1.165, 1.54) is 7.11 Å². The van der Waals surface area contributed by atoms with Gasteiger partial charge in [0.25, 0.3) is 11.8 Å². The van der Waals surface area contributed by atoms with Gasteiger partial charge in [-0.3, -0.25) is 9.59 Å². The standard InChI is InChI=1S/C23H29ClN2O5/c1-6-26(7-2)22(27)14-30-19-11-9-17(13-18(19)24)25-23(28)16-8-10-20(31-15(3)4)21(12-16)29-5/h8-13,15H,6-7,14H2,1-5H3,(H,25,28). The molecule has 2 aromatic carbocycles. The first-order valence-corrected chi connectivity index (χ1v) is 10.5. The molecule has 0 saturated heterocycles. The van der Waals surface area contributed by atoms with Crippen LogP contribution in [0.1, 0.15) is 38.1 Å². The van der Waals surface area contributed by atoms with Gasteiger partial charge in [0.2, 0.25) is 0 Å². The Morgan fingerprint density at radius 1 is 1.03 bits per heavy atom. The zero-order valence-corrected chi connectivity index (χ0v) is 19.3. The second-order valence-corrected chi connectivity index (χ2v) is 7.39. The smallest absolute Gasteiger partial charge is 0.260 e. The van der Waals surface area contributed by atoms with E-state index in [1.54, 1.807) is 41.3 Å². The molecule has 0 radical (unpaired) electrons. The quantitative estimate of drug-likeness (QED) is 0.573. The Labute approximate surface area is 188 Å². The Balaban J connectivity index is 2.05. The SMILES string of the molecule is CCN(CC)C(=O)COc1ccc(NC(=O)c2ccc(OC(C)C)c(OC)c2)cc1Cl. The zero-order valence-electron chi connectivity index (χ0n) is 18.5. The Bertz CT molecular complexity index is 913. The number of anilines is 1. The lowest BCUT2D eigenvalue weighted by Gasteiger charge is -2.19. The third-order valence-corrected chi connectivity index (χ3v) is 4.74. The van der Waals surface area contributed by atoms with Gasteiger partial charge in [0, 0.05) is 24.3 Å². The molecule has 0 heterocycles. The number of nitrogens with one attached hydrogen (secondary N) is 1. The van der Waals surface area contributed by atoms with Crippen LogP contribution in [-0.4, -0.2) is 49.6 Å². The predicted octanol–water partition coefficient (Wildman–Crippen LogP) is 4.64. The number of hydrogen-bond donors (Lipinski definition) is 1. The van der Waals surface area contributed by atoms with E-state index in [4.69, 9.17) is 25.8 Å². The molecule has 0 fully saturated rings. The van der Waals surface area contributed by atoms with E-state index in [0.29, 0.717) is 46.6 Å².